The Labute approximate surface area is 203 Å². The van der Waals surface area contributed by atoms with E-state index in [2.05, 4.69) is 22.2 Å². The number of likely N-dealkylation sites (tertiary alicyclic amines) is 1. The quantitative estimate of drug-likeness (QED) is 0.475. The summed E-state index contributed by atoms with van der Waals surface area (Å²) < 4.78 is 38.5. The molecule has 8 heteroatoms. The lowest BCUT2D eigenvalue weighted by atomic mass is 9.88. The Kier molecular flexibility index (Phi) is 7.10. The number of aromatic nitrogens is 2. The van der Waals surface area contributed by atoms with Crippen molar-refractivity contribution < 1.29 is 18.0 Å². The van der Waals surface area contributed by atoms with Gasteiger partial charge in [-0.25, -0.2) is 4.98 Å². The van der Waals surface area contributed by atoms with Gasteiger partial charge in [-0.1, -0.05) is 24.6 Å². The summed E-state index contributed by atoms with van der Waals surface area (Å²) in [6, 6.07) is 10.0. The van der Waals surface area contributed by atoms with Crippen LogP contribution in [0.3, 0.4) is 0 Å². The molecule has 1 N–H and O–H groups in total. The van der Waals surface area contributed by atoms with E-state index in [4.69, 9.17) is 0 Å². The van der Waals surface area contributed by atoms with E-state index in [-0.39, 0.29) is 17.9 Å². The van der Waals surface area contributed by atoms with Crippen LogP contribution in [0.1, 0.15) is 46.8 Å². The van der Waals surface area contributed by atoms with Gasteiger partial charge in [-0.3, -0.25) is 9.78 Å². The van der Waals surface area contributed by atoms with E-state index in [0.717, 1.165) is 47.4 Å². The number of carbonyl (C=O) groups excluding carboxylic acids is 1. The first kappa shape index (κ1) is 24.7. The Morgan fingerprint density at radius 2 is 1.91 bits per heavy atom. The van der Waals surface area contributed by atoms with Crippen molar-refractivity contribution in [2.45, 2.75) is 45.8 Å². The molecule has 1 aliphatic rings. The summed E-state index contributed by atoms with van der Waals surface area (Å²) in [7, 11) is 0. The summed E-state index contributed by atoms with van der Waals surface area (Å²) in [5, 5.41) is 3.14. The normalized spacial score (nSPS) is 18.4. The Morgan fingerprint density at radius 1 is 1.11 bits per heavy atom. The molecule has 2 aromatic heterocycles. The molecule has 1 fully saturated rings. The molecule has 3 aromatic rings. The van der Waals surface area contributed by atoms with E-state index in [1.807, 2.05) is 43.0 Å². The van der Waals surface area contributed by atoms with Crippen molar-refractivity contribution in [3.05, 3.63) is 77.2 Å². The predicted octanol–water partition coefficient (Wildman–Crippen LogP) is 6.13. The largest absolute Gasteiger partial charge is 0.417 e. The number of rotatable bonds is 5. The van der Waals surface area contributed by atoms with Crippen LogP contribution in [0.5, 0.6) is 0 Å². The average Bonchev–Trinajstić information content (AvgIpc) is 2.83. The summed E-state index contributed by atoms with van der Waals surface area (Å²) in [5.41, 5.74) is 3.64. The molecule has 1 aromatic carbocycles. The van der Waals surface area contributed by atoms with Crippen LogP contribution >= 0.6 is 0 Å². The van der Waals surface area contributed by atoms with Gasteiger partial charge in [0.15, 0.2) is 0 Å². The van der Waals surface area contributed by atoms with Gasteiger partial charge in [-0.15, -0.1) is 0 Å². The van der Waals surface area contributed by atoms with E-state index >= 15 is 0 Å². The zero-order valence-corrected chi connectivity index (χ0v) is 20.1. The summed E-state index contributed by atoms with van der Waals surface area (Å²) in [6.07, 6.45) is 1.78. The van der Waals surface area contributed by atoms with Crippen LogP contribution in [0.25, 0.3) is 11.1 Å². The molecular formula is C27H29F3N4O. The molecule has 2 atom stereocenters. The summed E-state index contributed by atoms with van der Waals surface area (Å²) in [6.45, 7) is 7.09. The van der Waals surface area contributed by atoms with Crippen molar-refractivity contribution in [2.24, 2.45) is 5.92 Å². The van der Waals surface area contributed by atoms with Crippen molar-refractivity contribution in [3.63, 3.8) is 0 Å². The number of hydrogen-bond donors (Lipinski definition) is 1. The minimum atomic E-state index is -4.43. The fourth-order valence-corrected chi connectivity index (χ4v) is 4.66. The maximum absolute atomic E-state index is 13.9. The molecule has 1 amide bonds. The second-order valence-electron chi connectivity index (χ2n) is 9.24. The molecule has 5 nitrogen and oxygen atoms in total. The lowest BCUT2D eigenvalue weighted by Crippen LogP contribution is -2.51. The van der Waals surface area contributed by atoms with Gasteiger partial charge in [-0.05, 0) is 68.0 Å². The zero-order valence-electron chi connectivity index (χ0n) is 20.1. The number of benzene rings is 1. The van der Waals surface area contributed by atoms with E-state index in [1.54, 1.807) is 12.4 Å². The van der Waals surface area contributed by atoms with Crippen LogP contribution in [0.4, 0.5) is 19.0 Å². The average molecular weight is 483 g/mol. The molecule has 0 bridgehead atoms. The third-order valence-electron chi connectivity index (χ3n) is 6.69. The van der Waals surface area contributed by atoms with Gasteiger partial charge < -0.3 is 10.2 Å². The number of hydrogen-bond acceptors (Lipinski definition) is 4. The molecule has 1 saturated heterocycles. The maximum atomic E-state index is 13.9. The lowest BCUT2D eigenvalue weighted by molar-refractivity contribution is -0.137. The number of anilines is 1. The van der Waals surface area contributed by atoms with Gasteiger partial charge in [0.1, 0.15) is 5.82 Å². The van der Waals surface area contributed by atoms with Gasteiger partial charge in [0.05, 0.1) is 11.6 Å². The second kappa shape index (κ2) is 10.1. The predicted molar refractivity (Wildman–Crippen MR) is 130 cm³/mol. The first-order valence-electron chi connectivity index (χ1n) is 11.7. The number of nitrogens with zero attached hydrogens (tertiary/aromatic N) is 3. The number of alkyl halides is 3. The molecule has 0 saturated carbocycles. The minimum absolute atomic E-state index is 0.0503. The topological polar surface area (TPSA) is 58.1 Å². The monoisotopic (exact) mass is 482 g/mol. The summed E-state index contributed by atoms with van der Waals surface area (Å²) in [4.78, 5) is 24.0. The Balaban J connectivity index is 1.59. The molecular weight excluding hydrogens is 453 g/mol. The van der Waals surface area contributed by atoms with Gasteiger partial charge in [0.25, 0.3) is 5.91 Å². The first-order chi connectivity index (χ1) is 16.6. The molecule has 0 aliphatic carbocycles. The highest BCUT2D eigenvalue weighted by atomic mass is 19.4. The van der Waals surface area contributed by atoms with Crippen molar-refractivity contribution in [3.8, 4) is 11.1 Å². The van der Waals surface area contributed by atoms with Crippen molar-refractivity contribution >= 4 is 11.7 Å². The number of pyridine rings is 2. The van der Waals surface area contributed by atoms with Crippen LogP contribution in [-0.4, -0.2) is 39.9 Å². The van der Waals surface area contributed by atoms with Crippen LogP contribution in [0.2, 0.25) is 0 Å². The summed E-state index contributed by atoms with van der Waals surface area (Å²) >= 11 is 0. The molecule has 1 unspecified atom stereocenters. The number of carbonyl (C=O) groups is 1. The van der Waals surface area contributed by atoms with Crippen molar-refractivity contribution in [1.82, 2.24) is 14.9 Å². The van der Waals surface area contributed by atoms with Crippen molar-refractivity contribution in [2.75, 3.05) is 18.4 Å². The molecule has 0 spiro atoms. The number of aryl methyl sites for hydroxylation is 2. The molecule has 4 rings (SSSR count). The van der Waals surface area contributed by atoms with E-state index in [0.29, 0.717) is 24.5 Å². The Hall–Kier alpha value is -3.42. The van der Waals surface area contributed by atoms with Crippen LogP contribution in [0.15, 0.2) is 55.0 Å². The first-order valence-corrected chi connectivity index (χ1v) is 11.7. The van der Waals surface area contributed by atoms with Gasteiger partial charge >= 0.3 is 6.18 Å². The van der Waals surface area contributed by atoms with Crippen LogP contribution in [-0.2, 0) is 6.18 Å². The third kappa shape index (κ3) is 5.47. The SMILES string of the molecule is Cc1ccc(-c2cnccc2C)c(C(=O)N2CCCC(C)[C@H]2CNc2ccc(C(F)(F)F)cn2)c1. The van der Waals surface area contributed by atoms with Gasteiger partial charge in [0.2, 0.25) is 0 Å². The zero-order chi connectivity index (χ0) is 25.2. The molecule has 35 heavy (non-hydrogen) atoms. The standard InChI is InChI=1S/C27H29F3N4O/c1-17-6-8-21(23-15-31-11-10-18(23)2)22(13-17)26(35)34-12-4-5-19(3)24(34)16-33-25-9-7-20(14-32-25)27(28,29)30/h6-11,13-15,19,24H,4-5,12,16H2,1-3H3,(H,32,33)/t19?,24-/m1/s1. The smallest absolute Gasteiger partial charge is 0.368 e. The van der Waals surface area contributed by atoms with E-state index in [9.17, 15) is 18.0 Å². The highest BCUT2D eigenvalue weighted by molar-refractivity contribution is 6.01. The molecule has 3 heterocycles. The molecule has 0 radical (unpaired) electrons. The Morgan fingerprint density at radius 3 is 2.60 bits per heavy atom. The van der Waals surface area contributed by atoms with Gasteiger partial charge in [-0.2, -0.15) is 13.2 Å². The number of amides is 1. The Bertz CT molecular complexity index is 1190. The molecule has 184 valence electrons. The van der Waals surface area contributed by atoms with Gasteiger partial charge in [0, 0.05) is 42.8 Å². The van der Waals surface area contributed by atoms with E-state index in [1.165, 1.54) is 6.07 Å². The third-order valence-corrected chi connectivity index (χ3v) is 6.69. The van der Waals surface area contributed by atoms with Crippen LogP contribution in [0, 0.1) is 19.8 Å². The maximum Gasteiger partial charge on any atom is 0.417 e. The fraction of sp³-hybridized carbons (Fsp3) is 0.370. The number of nitrogens with one attached hydrogen (secondary N) is 1. The lowest BCUT2D eigenvalue weighted by Gasteiger charge is -2.40. The minimum Gasteiger partial charge on any atom is -0.368 e. The molecule has 1 aliphatic heterocycles. The van der Waals surface area contributed by atoms with Crippen LogP contribution < -0.4 is 5.32 Å². The highest BCUT2D eigenvalue weighted by Crippen LogP contribution is 2.32. The number of halogens is 3. The van der Waals surface area contributed by atoms with Crippen molar-refractivity contribution in [1.29, 1.82) is 0 Å². The second-order valence-corrected chi connectivity index (χ2v) is 9.24. The highest BCUT2D eigenvalue weighted by Gasteiger charge is 2.34. The number of piperidine rings is 1. The summed E-state index contributed by atoms with van der Waals surface area (Å²) in [5.74, 6) is 0.527. The van der Waals surface area contributed by atoms with E-state index < -0.39 is 11.7 Å². The fourth-order valence-electron chi connectivity index (χ4n) is 4.66.